The molecule has 18 heavy (non-hydrogen) atoms. The van der Waals surface area contributed by atoms with Gasteiger partial charge in [0.15, 0.2) is 0 Å². The van der Waals surface area contributed by atoms with Crippen LogP contribution in [-0.2, 0) is 38.1 Å². The molecule has 0 unspecified atom stereocenters. The van der Waals surface area contributed by atoms with E-state index in [0.717, 1.165) is 0 Å². The van der Waals surface area contributed by atoms with E-state index < -0.39 is 44.1 Å². The van der Waals surface area contributed by atoms with Crippen LogP contribution < -0.4 is 14.9 Å². The summed E-state index contributed by atoms with van der Waals surface area (Å²) in [5.41, 5.74) is 0. The van der Waals surface area contributed by atoms with E-state index in [2.05, 4.69) is 9.26 Å². The Hall–Kier alpha value is 0.270. The Kier molecular flexibility index (Phi) is 8.88. The first-order chi connectivity index (χ1) is 7.26. The van der Waals surface area contributed by atoms with Gasteiger partial charge in [-0.15, -0.1) is 0 Å². The summed E-state index contributed by atoms with van der Waals surface area (Å²) in [5.74, 6) is -4.10. The second kappa shape index (κ2) is 7.76. The van der Waals surface area contributed by atoms with Crippen LogP contribution in [0.5, 0.6) is 0 Å². The van der Waals surface area contributed by atoms with Crippen LogP contribution >= 0.6 is 7.82 Å². The molecule has 0 fully saturated rings. The number of phosphoric ester groups is 1. The van der Waals surface area contributed by atoms with Crippen molar-refractivity contribution in [3.8, 4) is 0 Å². The van der Waals surface area contributed by atoms with Crippen molar-refractivity contribution in [1.82, 2.24) is 0 Å². The number of cyclic esters (lactones) is 1. The Labute approximate surface area is 130 Å². The van der Waals surface area contributed by atoms with E-state index in [4.69, 9.17) is 10.2 Å². The number of rotatable bonds is 4. The maximum atomic E-state index is 11.2. The summed E-state index contributed by atoms with van der Waals surface area (Å²) in [4.78, 5) is 31.3. The zero-order chi connectivity index (χ0) is 12.5. The van der Waals surface area contributed by atoms with Crippen LogP contribution in [-0.4, -0.2) is 58.0 Å². The van der Waals surface area contributed by atoms with Crippen LogP contribution in [0.25, 0.3) is 0 Å². The zero-order valence-electron chi connectivity index (χ0n) is 8.98. The summed E-state index contributed by atoms with van der Waals surface area (Å²) in [7, 11) is -5.56. The minimum absolute atomic E-state index is 0. The van der Waals surface area contributed by atoms with Gasteiger partial charge < -0.3 is 38.9 Å². The summed E-state index contributed by atoms with van der Waals surface area (Å²) in [6.45, 7) is -0.886. The average Bonchev–Trinajstić information content (AvgIpc) is 2.42. The number of ether oxygens (including phenoxy) is 1. The zero-order valence-corrected chi connectivity index (χ0v) is 14.3. The Balaban J connectivity index is 0. The Bertz CT molecular complexity index is 379. The van der Waals surface area contributed by atoms with E-state index in [1.165, 1.54) is 0 Å². The van der Waals surface area contributed by atoms with Crippen LogP contribution in [0.15, 0.2) is 11.5 Å². The summed E-state index contributed by atoms with van der Waals surface area (Å²) >= 11 is 0. The predicted molar refractivity (Wildman–Crippen MR) is 44.4 cm³/mol. The van der Waals surface area contributed by atoms with Crippen LogP contribution in [0.2, 0.25) is 0 Å². The molecular weight excluding hydrogens is 337 g/mol. The van der Waals surface area contributed by atoms with Gasteiger partial charge in [-0.25, -0.2) is 4.79 Å². The quantitative estimate of drug-likeness (QED) is 0.290. The number of aliphatic hydroxyl groups excluding tert-OH is 2. The number of esters is 1. The summed E-state index contributed by atoms with van der Waals surface area (Å²) < 4.78 is 18.0. The molecule has 2 atom stereocenters. The molecule has 0 aromatic rings. The molecule has 0 bridgehead atoms. The monoisotopic (exact) mass is 341 g/mol. The fourth-order valence-corrected chi connectivity index (χ4v) is 1.38. The van der Waals surface area contributed by atoms with Crippen molar-refractivity contribution < 1.29 is 63.2 Å². The maximum absolute atomic E-state index is 11.2. The molecule has 1 heterocycles. The van der Waals surface area contributed by atoms with Gasteiger partial charge >= 0.3 is 48.5 Å². The molecule has 92 valence electrons. The molecule has 1 aliphatic heterocycles. The van der Waals surface area contributed by atoms with E-state index in [1.807, 2.05) is 0 Å². The van der Waals surface area contributed by atoms with Crippen molar-refractivity contribution in [3.63, 3.8) is 0 Å². The summed E-state index contributed by atoms with van der Waals surface area (Å²) in [6.07, 6.45) is -3.48. The molecule has 0 aromatic carbocycles. The molecule has 2 N–H and O–H groups in total. The van der Waals surface area contributed by atoms with Crippen LogP contribution in [0.3, 0.4) is 0 Å². The molecule has 0 saturated carbocycles. The first-order valence-electron chi connectivity index (χ1n) is 3.89. The van der Waals surface area contributed by atoms with Crippen molar-refractivity contribution in [2.45, 2.75) is 12.2 Å². The van der Waals surface area contributed by atoms with Crippen LogP contribution in [0.1, 0.15) is 0 Å². The molecule has 0 amide bonds. The summed E-state index contributed by atoms with van der Waals surface area (Å²) in [6, 6.07) is 0. The molecule has 0 saturated heterocycles. The van der Waals surface area contributed by atoms with Gasteiger partial charge in [-0.3, -0.25) is 0 Å². The third kappa shape index (κ3) is 5.10. The first-order valence-corrected chi connectivity index (χ1v) is 5.35. The standard InChI is InChI=1S/C6H9O9P.Mg.Zn/c7-1-2(8)4-3(9)5(6(10)14-4)15-16(11,12)13;;/h2,4,7-9H,1H2,(H2,11,12,13);;/q;2*+2/p-3/t2-,4+;;/m0../s1. The molecular formula is C6H6MgO9PZn+. The third-order valence-electron chi connectivity index (χ3n) is 1.64. The van der Waals surface area contributed by atoms with E-state index in [-0.39, 0.29) is 42.5 Å². The van der Waals surface area contributed by atoms with Crippen LogP contribution in [0.4, 0.5) is 0 Å². The third-order valence-corrected chi connectivity index (χ3v) is 2.05. The minimum Gasteiger partial charge on any atom is -0.870 e. The van der Waals surface area contributed by atoms with Crippen molar-refractivity contribution in [2.24, 2.45) is 0 Å². The number of carbonyl (C=O) groups is 1. The predicted octanol–water partition coefficient (Wildman–Crippen LogP) is -4.70. The molecule has 1 rings (SSSR count). The van der Waals surface area contributed by atoms with E-state index in [0.29, 0.717) is 0 Å². The largest absolute Gasteiger partial charge is 2.00 e. The Morgan fingerprint density at radius 1 is 1.50 bits per heavy atom. The van der Waals surface area contributed by atoms with Gasteiger partial charge in [-0.2, -0.15) is 0 Å². The normalized spacial score (nSPS) is 20.7. The second-order valence-corrected chi connectivity index (χ2v) is 3.88. The van der Waals surface area contributed by atoms with Gasteiger partial charge in [0, 0.05) is 0 Å². The number of aliphatic hydroxyl groups is 2. The second-order valence-electron chi connectivity index (χ2n) is 2.81. The number of hydrogen-bond acceptors (Lipinski definition) is 9. The van der Waals surface area contributed by atoms with Gasteiger partial charge in [-0.1, -0.05) is 0 Å². The average molecular weight is 343 g/mol. The van der Waals surface area contributed by atoms with Gasteiger partial charge in [0.1, 0.15) is 20.0 Å². The molecule has 0 aromatic heterocycles. The van der Waals surface area contributed by atoms with E-state index in [9.17, 15) is 24.3 Å². The Morgan fingerprint density at radius 2 is 2.00 bits per heavy atom. The Morgan fingerprint density at radius 3 is 2.39 bits per heavy atom. The van der Waals surface area contributed by atoms with Crippen molar-refractivity contribution in [3.05, 3.63) is 11.5 Å². The molecule has 0 radical (unpaired) electrons. The fourth-order valence-electron chi connectivity index (χ4n) is 0.995. The van der Waals surface area contributed by atoms with Crippen molar-refractivity contribution >= 4 is 36.8 Å². The molecule has 0 spiro atoms. The number of carbonyl (C=O) groups excluding carboxylic acids is 1. The molecule has 9 nitrogen and oxygen atoms in total. The van der Waals surface area contributed by atoms with Gasteiger partial charge in [0.2, 0.25) is 5.76 Å². The van der Waals surface area contributed by atoms with Gasteiger partial charge in [-0.05, 0) is 5.76 Å². The molecule has 0 aliphatic carbocycles. The minimum atomic E-state index is -5.56. The van der Waals surface area contributed by atoms with E-state index in [1.54, 1.807) is 0 Å². The first kappa shape index (κ1) is 20.6. The SMILES string of the molecule is O=C1O[C@H]([C@@H](O)CO)C([O-])=C1OP(=O)([O-])[O-].[Mg+2].[Zn+2]. The maximum Gasteiger partial charge on any atom is 2.00 e. The van der Waals surface area contributed by atoms with Crippen molar-refractivity contribution in [1.29, 1.82) is 0 Å². The smallest absolute Gasteiger partial charge is 0.870 e. The molecule has 1 aliphatic rings. The van der Waals surface area contributed by atoms with Crippen molar-refractivity contribution in [2.75, 3.05) is 6.61 Å². The molecule has 12 heteroatoms. The van der Waals surface area contributed by atoms with Gasteiger partial charge in [0.05, 0.1) is 6.61 Å². The summed E-state index contributed by atoms with van der Waals surface area (Å²) in [5, 5.41) is 28.7. The topological polar surface area (TPSA) is 162 Å². The van der Waals surface area contributed by atoms with Gasteiger partial charge in [0.25, 0.3) is 0 Å². The van der Waals surface area contributed by atoms with Crippen LogP contribution in [0, 0.1) is 0 Å². The fraction of sp³-hybridized carbons (Fsp3) is 0.500. The number of phosphoric acid groups is 1. The van der Waals surface area contributed by atoms with E-state index >= 15 is 0 Å². The number of hydrogen-bond donors (Lipinski definition) is 2.